The molecule has 74 heavy (non-hydrogen) atoms. The molecular weight excluding hydrogens is 905 g/mol. The predicted octanol–water partition coefficient (Wildman–Crippen LogP) is 16.4. The van der Waals surface area contributed by atoms with Gasteiger partial charge < -0.3 is 9.13 Å². The maximum Gasteiger partial charge on any atom is 0.187 e. The van der Waals surface area contributed by atoms with Crippen LogP contribution in [-0.2, 0) is 0 Å². The standard InChI is InChI=1S/C66H38N8/c1-69-50-21-14-19-46(37-50)56-39-48(32-34-62(56)73-58-27-8-4-23-52(58)53-24-5-9-28-59(53)73)65-70-64(47-20-13-18-45(36-47)51-22-3-2-16-49(51)41-68)71-66(72-65)57-38-44(43-17-12-15-42(35-43)40-67)31-33-63(57)74-60-29-10-6-25-54(60)55-26-7-11-30-61(55)74/h2-39H. The number of hydrogen-bond donors (Lipinski definition) is 0. The van der Waals surface area contributed by atoms with Crippen LogP contribution in [0.15, 0.2) is 231 Å². The molecule has 0 spiro atoms. The first-order valence-electron chi connectivity index (χ1n) is 24.2. The van der Waals surface area contributed by atoms with Crippen LogP contribution in [0.4, 0.5) is 5.69 Å². The molecule has 0 saturated heterocycles. The van der Waals surface area contributed by atoms with Crippen LogP contribution >= 0.6 is 0 Å². The summed E-state index contributed by atoms with van der Waals surface area (Å²) in [6.45, 7) is 8.00. The van der Waals surface area contributed by atoms with Crippen molar-refractivity contribution in [1.29, 1.82) is 10.5 Å². The lowest BCUT2D eigenvalue weighted by Crippen LogP contribution is -2.05. The second-order valence-electron chi connectivity index (χ2n) is 18.1. The molecule has 0 bridgehead atoms. The zero-order valence-electron chi connectivity index (χ0n) is 39.5. The summed E-state index contributed by atoms with van der Waals surface area (Å²) in [5.41, 5.74) is 15.0. The Balaban J connectivity index is 1.10. The van der Waals surface area contributed by atoms with Crippen molar-refractivity contribution in [2.45, 2.75) is 0 Å². The highest BCUT2D eigenvalue weighted by Gasteiger charge is 2.23. The number of nitriles is 2. The Morgan fingerprint density at radius 1 is 0.351 bits per heavy atom. The van der Waals surface area contributed by atoms with Gasteiger partial charge in [0.1, 0.15) is 0 Å². The fourth-order valence-corrected chi connectivity index (χ4v) is 10.5. The van der Waals surface area contributed by atoms with Gasteiger partial charge in [-0.25, -0.2) is 19.8 Å². The summed E-state index contributed by atoms with van der Waals surface area (Å²) >= 11 is 0. The van der Waals surface area contributed by atoms with Crippen LogP contribution < -0.4 is 0 Å². The van der Waals surface area contributed by atoms with E-state index >= 15 is 0 Å². The van der Waals surface area contributed by atoms with E-state index in [2.05, 4.69) is 160 Å². The second-order valence-corrected chi connectivity index (χ2v) is 18.1. The Kier molecular flexibility index (Phi) is 10.5. The van der Waals surface area contributed by atoms with Gasteiger partial charge in [-0.15, -0.1) is 0 Å². The van der Waals surface area contributed by atoms with Crippen molar-refractivity contribution < 1.29 is 0 Å². The molecule has 8 heteroatoms. The Morgan fingerprint density at radius 3 is 1.42 bits per heavy atom. The first kappa shape index (κ1) is 43.3. The van der Waals surface area contributed by atoms with Crippen molar-refractivity contribution in [2.75, 3.05) is 0 Å². The van der Waals surface area contributed by atoms with Crippen LogP contribution in [0.2, 0.25) is 0 Å². The van der Waals surface area contributed by atoms with Gasteiger partial charge in [0.2, 0.25) is 0 Å². The second kappa shape index (κ2) is 17.9. The molecule has 0 unspecified atom stereocenters. The number of para-hydroxylation sites is 4. The average molecular weight is 943 g/mol. The van der Waals surface area contributed by atoms with Crippen molar-refractivity contribution in [3.05, 3.63) is 253 Å². The summed E-state index contributed by atoms with van der Waals surface area (Å²) < 4.78 is 4.58. The zero-order chi connectivity index (χ0) is 49.7. The summed E-state index contributed by atoms with van der Waals surface area (Å²) in [5.74, 6) is 1.31. The molecule has 0 aliphatic heterocycles. The lowest BCUT2D eigenvalue weighted by Gasteiger charge is -2.18. The number of nitrogens with zero attached hydrogens (tertiary/aromatic N) is 8. The van der Waals surface area contributed by atoms with E-state index in [1.807, 2.05) is 97.1 Å². The predicted molar refractivity (Wildman–Crippen MR) is 297 cm³/mol. The molecular formula is C66H38N8. The maximum absolute atomic E-state index is 10.2. The summed E-state index contributed by atoms with van der Waals surface area (Å²) in [4.78, 5) is 20.1. The highest BCUT2D eigenvalue weighted by Crippen LogP contribution is 2.42. The van der Waals surface area contributed by atoms with Crippen molar-refractivity contribution in [3.8, 4) is 91.1 Å². The minimum atomic E-state index is 0.436. The number of rotatable bonds is 8. The third-order valence-electron chi connectivity index (χ3n) is 13.9. The topological polar surface area (TPSA) is 100 Å². The molecule has 0 radical (unpaired) electrons. The van der Waals surface area contributed by atoms with Gasteiger partial charge >= 0.3 is 0 Å². The van der Waals surface area contributed by atoms with E-state index in [-0.39, 0.29) is 0 Å². The lowest BCUT2D eigenvalue weighted by atomic mass is 9.98. The quantitative estimate of drug-likeness (QED) is 0.141. The Hall–Kier alpha value is -10.7. The van der Waals surface area contributed by atoms with E-state index in [1.165, 1.54) is 0 Å². The third-order valence-corrected chi connectivity index (χ3v) is 13.9. The Bertz CT molecular complexity index is 4450. The molecule has 0 atom stereocenters. The summed E-state index contributed by atoms with van der Waals surface area (Å²) in [6, 6.07) is 82.0. The highest BCUT2D eigenvalue weighted by atomic mass is 15.1. The molecule has 0 amide bonds. The van der Waals surface area contributed by atoms with E-state index in [4.69, 9.17) is 21.5 Å². The molecule has 13 aromatic rings. The SMILES string of the molecule is [C-]#[N+]c1cccc(-c2cc(-c3nc(-c4cccc(-c5ccccc5C#N)c4)nc(-c4cc(-c5cccc(C#N)c5)ccc4-n4c5ccccc5c5ccccc54)n3)ccc2-n2c3ccccc3c3ccccc32)c1. The monoisotopic (exact) mass is 942 g/mol. The van der Waals surface area contributed by atoms with Gasteiger partial charge in [0, 0.05) is 43.8 Å². The molecule has 8 nitrogen and oxygen atoms in total. The Morgan fingerprint density at radius 2 is 0.811 bits per heavy atom. The molecule has 0 N–H and O–H groups in total. The van der Waals surface area contributed by atoms with E-state index in [0.717, 1.165) is 105 Å². The first-order chi connectivity index (χ1) is 36.5. The molecule has 10 aromatic carbocycles. The minimum Gasteiger partial charge on any atom is -0.309 e. The van der Waals surface area contributed by atoms with Gasteiger partial charge in [-0.05, 0) is 113 Å². The summed E-state index contributed by atoms with van der Waals surface area (Å²) in [5, 5.41) is 24.7. The van der Waals surface area contributed by atoms with Crippen molar-refractivity contribution in [2.24, 2.45) is 0 Å². The van der Waals surface area contributed by atoms with Crippen LogP contribution in [0.25, 0.3) is 127 Å². The zero-order valence-corrected chi connectivity index (χ0v) is 39.5. The van der Waals surface area contributed by atoms with Gasteiger partial charge in [-0.2, -0.15) is 10.5 Å². The van der Waals surface area contributed by atoms with Gasteiger partial charge in [0.05, 0.1) is 63.3 Å². The van der Waals surface area contributed by atoms with Gasteiger partial charge in [-0.3, -0.25) is 0 Å². The highest BCUT2D eigenvalue weighted by molar-refractivity contribution is 6.11. The number of fused-ring (bicyclic) bond motifs is 6. The fourth-order valence-electron chi connectivity index (χ4n) is 10.5. The van der Waals surface area contributed by atoms with Crippen molar-refractivity contribution in [1.82, 2.24) is 24.1 Å². The number of aromatic nitrogens is 5. The third kappa shape index (κ3) is 7.33. The minimum absolute atomic E-state index is 0.436. The van der Waals surface area contributed by atoms with Crippen LogP contribution in [0, 0.1) is 29.2 Å². The van der Waals surface area contributed by atoms with Crippen LogP contribution in [0.5, 0.6) is 0 Å². The maximum atomic E-state index is 10.2. The largest absolute Gasteiger partial charge is 0.309 e. The van der Waals surface area contributed by atoms with E-state index in [9.17, 15) is 10.5 Å². The summed E-state index contributed by atoms with van der Waals surface area (Å²) in [6.07, 6.45) is 0. The van der Waals surface area contributed by atoms with Crippen LogP contribution in [-0.4, -0.2) is 24.1 Å². The van der Waals surface area contributed by atoms with Crippen LogP contribution in [0.1, 0.15) is 11.1 Å². The average Bonchev–Trinajstić information content (AvgIpc) is 3.99. The molecule has 13 rings (SSSR count). The van der Waals surface area contributed by atoms with Crippen molar-refractivity contribution in [3.63, 3.8) is 0 Å². The first-order valence-corrected chi connectivity index (χ1v) is 24.2. The molecule has 3 aromatic heterocycles. The molecule has 0 aliphatic rings. The van der Waals surface area contributed by atoms with E-state index < -0.39 is 0 Å². The molecule has 0 saturated carbocycles. The van der Waals surface area contributed by atoms with E-state index in [1.54, 1.807) is 0 Å². The van der Waals surface area contributed by atoms with Crippen molar-refractivity contribution >= 4 is 49.3 Å². The lowest BCUT2D eigenvalue weighted by molar-refractivity contribution is 1.06. The number of hydrogen-bond acceptors (Lipinski definition) is 5. The van der Waals surface area contributed by atoms with E-state index in [0.29, 0.717) is 34.3 Å². The molecule has 0 aliphatic carbocycles. The molecule has 3 heterocycles. The van der Waals surface area contributed by atoms with Gasteiger partial charge in [0.25, 0.3) is 0 Å². The van der Waals surface area contributed by atoms with Crippen LogP contribution in [0.3, 0.4) is 0 Å². The number of benzene rings is 10. The van der Waals surface area contributed by atoms with Gasteiger partial charge in [0.15, 0.2) is 23.2 Å². The summed E-state index contributed by atoms with van der Waals surface area (Å²) in [7, 11) is 0. The fraction of sp³-hybridized carbons (Fsp3) is 0. The Labute approximate surface area is 426 Å². The molecule has 0 fully saturated rings. The van der Waals surface area contributed by atoms with Gasteiger partial charge in [-0.1, -0.05) is 146 Å². The normalized spacial score (nSPS) is 11.2. The molecule has 342 valence electrons. The smallest absolute Gasteiger partial charge is 0.187 e.